The van der Waals surface area contributed by atoms with Gasteiger partial charge in [0.2, 0.25) is 10.0 Å². The molecule has 2 aromatic carbocycles. The number of sulfonamides is 1. The third kappa shape index (κ3) is 5.83. The molecular formula is C21H20BrClN4O5S. The zero-order valence-electron chi connectivity index (χ0n) is 17.5. The molecule has 9 nitrogen and oxygen atoms in total. The molecule has 1 aliphatic rings. The number of amides is 1. The molecular weight excluding hydrogens is 536 g/mol. The first kappa shape index (κ1) is 25.0. The minimum absolute atomic E-state index is 0.0748. The molecule has 3 rings (SSSR count). The lowest BCUT2D eigenvalue weighted by Crippen LogP contribution is -2.44. The molecule has 0 spiro atoms. The Morgan fingerprint density at radius 2 is 2.12 bits per heavy atom. The minimum atomic E-state index is -3.85. The molecule has 1 atom stereocenters. The van der Waals surface area contributed by atoms with Gasteiger partial charge in [0.1, 0.15) is 12.1 Å². The summed E-state index contributed by atoms with van der Waals surface area (Å²) in [5, 5.41) is 13.1. The molecule has 1 amide bonds. The number of nitrogens with one attached hydrogen (secondary N) is 1. The SMILES string of the molecule is COc1cc(/C=N\NC(=O)[C@@H]2CCCN2S(=O)(=O)c2ccc(Cl)cc2)cc(Br)c1OCC#N. The van der Waals surface area contributed by atoms with E-state index in [0.29, 0.717) is 39.4 Å². The van der Waals surface area contributed by atoms with Crippen molar-refractivity contribution in [2.24, 2.45) is 5.10 Å². The van der Waals surface area contributed by atoms with Crippen molar-refractivity contribution >= 4 is 49.7 Å². The average molecular weight is 556 g/mol. The van der Waals surface area contributed by atoms with Gasteiger partial charge >= 0.3 is 0 Å². The van der Waals surface area contributed by atoms with Crippen molar-refractivity contribution in [3.8, 4) is 17.6 Å². The maximum absolute atomic E-state index is 13.0. The highest BCUT2D eigenvalue weighted by molar-refractivity contribution is 9.10. The summed E-state index contributed by atoms with van der Waals surface area (Å²) in [6, 6.07) is 10.1. The Balaban J connectivity index is 1.72. The largest absolute Gasteiger partial charge is 0.493 e. The number of methoxy groups -OCH3 is 1. The number of rotatable bonds is 8. The molecule has 12 heteroatoms. The number of ether oxygens (including phenoxy) is 2. The van der Waals surface area contributed by atoms with Gasteiger partial charge in [-0.25, -0.2) is 13.8 Å². The number of nitriles is 1. The number of hydrazone groups is 1. The maximum atomic E-state index is 13.0. The lowest BCUT2D eigenvalue weighted by molar-refractivity contribution is -0.124. The fourth-order valence-corrected chi connectivity index (χ4v) is 5.69. The number of carbonyl (C=O) groups excluding carboxylic acids is 1. The molecule has 33 heavy (non-hydrogen) atoms. The van der Waals surface area contributed by atoms with E-state index >= 15 is 0 Å². The highest BCUT2D eigenvalue weighted by atomic mass is 79.9. The van der Waals surface area contributed by atoms with Gasteiger partial charge in [0.15, 0.2) is 18.1 Å². The van der Waals surface area contributed by atoms with Crippen LogP contribution in [0.4, 0.5) is 0 Å². The predicted molar refractivity (Wildman–Crippen MR) is 126 cm³/mol. The number of nitrogens with zero attached hydrogens (tertiary/aromatic N) is 3. The number of hydrogen-bond acceptors (Lipinski definition) is 7. The van der Waals surface area contributed by atoms with E-state index in [1.165, 1.54) is 41.9 Å². The van der Waals surface area contributed by atoms with Crippen LogP contribution in [0.3, 0.4) is 0 Å². The second-order valence-corrected chi connectivity index (χ2v) is 10.1. The lowest BCUT2D eigenvalue weighted by Gasteiger charge is -2.22. The van der Waals surface area contributed by atoms with Crippen LogP contribution < -0.4 is 14.9 Å². The number of carbonyl (C=O) groups is 1. The molecule has 0 saturated carbocycles. The molecule has 0 unspecified atom stereocenters. The maximum Gasteiger partial charge on any atom is 0.258 e. The van der Waals surface area contributed by atoms with Crippen molar-refractivity contribution in [2.75, 3.05) is 20.3 Å². The smallest absolute Gasteiger partial charge is 0.258 e. The second kappa shape index (κ2) is 11.0. The van der Waals surface area contributed by atoms with E-state index in [1.54, 1.807) is 12.1 Å². The average Bonchev–Trinajstić information content (AvgIpc) is 3.29. The van der Waals surface area contributed by atoms with E-state index in [1.807, 2.05) is 6.07 Å². The van der Waals surface area contributed by atoms with E-state index in [9.17, 15) is 13.2 Å². The molecule has 0 bridgehead atoms. The Kier molecular flexibility index (Phi) is 8.31. The summed E-state index contributed by atoms with van der Waals surface area (Å²) in [4.78, 5) is 12.8. The Morgan fingerprint density at radius 3 is 2.79 bits per heavy atom. The van der Waals surface area contributed by atoms with Crippen LogP contribution in [0.15, 0.2) is 50.9 Å². The Labute approximate surface area is 205 Å². The first-order valence-corrected chi connectivity index (χ1v) is 12.4. The van der Waals surface area contributed by atoms with Crippen molar-refractivity contribution in [3.63, 3.8) is 0 Å². The third-order valence-electron chi connectivity index (χ3n) is 4.85. The van der Waals surface area contributed by atoms with Crippen molar-refractivity contribution in [1.82, 2.24) is 9.73 Å². The normalized spacial score (nSPS) is 16.5. The standard InChI is InChI=1S/C21H20BrClN4O5S/c1-31-19-12-14(11-17(22)20(19)32-10-8-24)13-25-26-21(28)18-3-2-9-27(18)33(29,30)16-6-4-15(23)5-7-16/h4-7,11-13,18H,2-3,9-10H2,1H3,(H,26,28)/b25-13-/t18-/m0/s1. The van der Waals surface area contributed by atoms with Crippen molar-refractivity contribution in [2.45, 2.75) is 23.8 Å². The zero-order valence-corrected chi connectivity index (χ0v) is 20.7. The number of halogens is 2. The molecule has 1 saturated heterocycles. The third-order valence-corrected chi connectivity index (χ3v) is 7.61. The van der Waals surface area contributed by atoms with Gasteiger partial charge in [-0.15, -0.1) is 0 Å². The van der Waals surface area contributed by atoms with Crippen LogP contribution in [0.5, 0.6) is 11.5 Å². The van der Waals surface area contributed by atoms with Gasteiger partial charge in [0.25, 0.3) is 5.91 Å². The highest BCUT2D eigenvalue weighted by Gasteiger charge is 2.39. The summed E-state index contributed by atoms with van der Waals surface area (Å²) in [5.74, 6) is 0.221. The predicted octanol–water partition coefficient (Wildman–Crippen LogP) is 3.32. The first-order valence-electron chi connectivity index (χ1n) is 9.75. The Hall–Kier alpha value is -2.65. The van der Waals surface area contributed by atoms with Gasteiger partial charge in [-0.1, -0.05) is 11.6 Å². The molecule has 1 heterocycles. The van der Waals surface area contributed by atoms with Gasteiger partial charge in [-0.3, -0.25) is 4.79 Å². The summed E-state index contributed by atoms with van der Waals surface area (Å²) in [6.07, 6.45) is 2.34. The van der Waals surface area contributed by atoms with E-state index in [2.05, 4.69) is 26.5 Å². The van der Waals surface area contributed by atoms with Gasteiger partial charge in [0, 0.05) is 11.6 Å². The second-order valence-electron chi connectivity index (χ2n) is 6.94. The summed E-state index contributed by atoms with van der Waals surface area (Å²) in [7, 11) is -2.39. The molecule has 1 N–H and O–H groups in total. The van der Waals surface area contributed by atoms with Crippen LogP contribution in [0.1, 0.15) is 18.4 Å². The summed E-state index contributed by atoms with van der Waals surface area (Å²) in [5.41, 5.74) is 3.00. The Morgan fingerprint density at radius 1 is 1.39 bits per heavy atom. The Bertz CT molecular complexity index is 1200. The van der Waals surface area contributed by atoms with E-state index < -0.39 is 22.0 Å². The van der Waals surface area contributed by atoms with Crippen molar-refractivity contribution < 1.29 is 22.7 Å². The summed E-state index contributed by atoms with van der Waals surface area (Å²) < 4.78 is 38.3. The molecule has 0 radical (unpaired) electrons. The zero-order chi connectivity index (χ0) is 24.0. The topological polar surface area (TPSA) is 121 Å². The molecule has 1 aliphatic heterocycles. The van der Waals surface area contributed by atoms with Crippen molar-refractivity contribution in [1.29, 1.82) is 5.26 Å². The van der Waals surface area contributed by atoms with Crippen LogP contribution in [0.25, 0.3) is 0 Å². The van der Waals surface area contributed by atoms with Gasteiger partial charge < -0.3 is 9.47 Å². The quantitative estimate of drug-likeness (QED) is 0.394. The minimum Gasteiger partial charge on any atom is -0.493 e. The van der Waals surface area contributed by atoms with Gasteiger partial charge in [-0.05, 0) is 70.7 Å². The van der Waals surface area contributed by atoms with E-state index in [4.69, 9.17) is 26.3 Å². The fourth-order valence-electron chi connectivity index (χ4n) is 3.34. The van der Waals surface area contributed by atoms with Crippen LogP contribution in [-0.4, -0.2) is 51.1 Å². The summed E-state index contributed by atoms with van der Waals surface area (Å²) in [6.45, 7) is 0.0936. The molecule has 0 aliphatic carbocycles. The lowest BCUT2D eigenvalue weighted by atomic mass is 10.2. The number of hydrogen-bond donors (Lipinski definition) is 1. The van der Waals surface area contributed by atoms with Crippen LogP contribution in [0, 0.1) is 11.3 Å². The molecule has 2 aromatic rings. The highest BCUT2D eigenvalue weighted by Crippen LogP contribution is 2.36. The van der Waals surface area contributed by atoms with Crippen molar-refractivity contribution in [3.05, 3.63) is 51.5 Å². The number of benzene rings is 2. The van der Waals surface area contributed by atoms with Crippen LogP contribution in [-0.2, 0) is 14.8 Å². The summed E-state index contributed by atoms with van der Waals surface area (Å²) >= 11 is 9.20. The first-order chi connectivity index (χ1) is 15.8. The molecule has 0 aromatic heterocycles. The van der Waals surface area contributed by atoms with E-state index in [0.717, 1.165) is 0 Å². The molecule has 1 fully saturated rings. The van der Waals surface area contributed by atoms with Crippen LogP contribution in [0.2, 0.25) is 5.02 Å². The fraction of sp³-hybridized carbons (Fsp3) is 0.286. The van der Waals surface area contributed by atoms with Crippen LogP contribution >= 0.6 is 27.5 Å². The van der Waals surface area contributed by atoms with E-state index in [-0.39, 0.29) is 18.0 Å². The molecule has 174 valence electrons. The van der Waals surface area contributed by atoms with Gasteiger partial charge in [-0.2, -0.15) is 14.7 Å². The van der Waals surface area contributed by atoms with Gasteiger partial charge in [0.05, 0.1) is 22.7 Å². The monoisotopic (exact) mass is 554 g/mol.